The SMILES string of the molecule is CC[C@H]1OC(=O)[C@H](C)[C@@H](OC2CC(C)(OC)C(O)C(C)O2)[C@H](C)[C@@H](OC2OC(C)CC(N(C)C(C)C)C2O)[C@](C)(O)C[C@@H](C)[C@H](O)[C@H](C)C[C@H]1C. The topological polar surface area (TPSA) is 157 Å². The molecule has 0 bridgehead atoms. The molecule has 3 fully saturated rings. The van der Waals surface area contributed by atoms with E-state index in [2.05, 4.69) is 18.7 Å². The van der Waals surface area contributed by atoms with Crippen LogP contribution >= 0.6 is 0 Å². The first-order valence-corrected chi connectivity index (χ1v) is 19.4. The van der Waals surface area contributed by atoms with Gasteiger partial charge in [-0.2, -0.15) is 0 Å². The fourth-order valence-corrected chi connectivity index (χ4v) is 8.87. The second-order valence-electron chi connectivity index (χ2n) is 17.2. The molecule has 3 saturated heterocycles. The van der Waals surface area contributed by atoms with Crippen molar-refractivity contribution in [3.8, 4) is 0 Å². The quantitative estimate of drug-likeness (QED) is 0.264. The maximum atomic E-state index is 14.1. The fraction of sp³-hybridized carbons (Fsp3) is 0.974. The summed E-state index contributed by atoms with van der Waals surface area (Å²) in [4.78, 5) is 16.2. The van der Waals surface area contributed by atoms with Crippen LogP contribution in [0, 0.1) is 29.6 Å². The van der Waals surface area contributed by atoms with E-state index in [-0.39, 0.29) is 54.9 Å². The van der Waals surface area contributed by atoms with Crippen LogP contribution in [0.25, 0.3) is 0 Å². The molecule has 12 heteroatoms. The van der Waals surface area contributed by atoms with E-state index in [1.54, 1.807) is 27.7 Å². The van der Waals surface area contributed by atoms with Gasteiger partial charge in [-0.05, 0) is 99.0 Å². The summed E-state index contributed by atoms with van der Waals surface area (Å²) in [6.45, 7) is 22.8. The minimum absolute atomic E-state index is 0.0189. The Kier molecular flexibility index (Phi) is 15.8. The first-order valence-electron chi connectivity index (χ1n) is 19.4. The summed E-state index contributed by atoms with van der Waals surface area (Å²) >= 11 is 0. The molecule has 51 heavy (non-hydrogen) atoms. The first-order chi connectivity index (χ1) is 23.6. The van der Waals surface area contributed by atoms with Gasteiger partial charge in [0.1, 0.15) is 18.3 Å². The summed E-state index contributed by atoms with van der Waals surface area (Å²) in [5, 5.41) is 46.7. The van der Waals surface area contributed by atoms with Crippen LogP contribution in [0.1, 0.15) is 115 Å². The number of ether oxygens (including phenoxy) is 6. The van der Waals surface area contributed by atoms with Gasteiger partial charge in [0.2, 0.25) is 0 Å². The molecule has 300 valence electrons. The van der Waals surface area contributed by atoms with E-state index in [1.165, 1.54) is 7.11 Å². The molecule has 3 rings (SSSR count). The van der Waals surface area contributed by atoms with Crippen molar-refractivity contribution in [2.75, 3.05) is 14.2 Å². The number of hydrogen-bond acceptors (Lipinski definition) is 12. The molecule has 0 saturated carbocycles. The van der Waals surface area contributed by atoms with E-state index in [0.29, 0.717) is 19.3 Å². The Morgan fingerprint density at radius 1 is 0.902 bits per heavy atom. The number of esters is 1. The van der Waals surface area contributed by atoms with Gasteiger partial charge in [-0.3, -0.25) is 9.69 Å². The van der Waals surface area contributed by atoms with E-state index in [1.807, 2.05) is 48.6 Å². The molecule has 12 nitrogen and oxygen atoms in total. The van der Waals surface area contributed by atoms with Gasteiger partial charge in [-0.15, -0.1) is 0 Å². The smallest absolute Gasteiger partial charge is 0.311 e. The largest absolute Gasteiger partial charge is 0.462 e. The summed E-state index contributed by atoms with van der Waals surface area (Å²) in [6.07, 6.45) is -5.67. The normalized spacial score (nSPS) is 48.4. The lowest BCUT2D eigenvalue weighted by Gasteiger charge is -2.49. The fourth-order valence-electron chi connectivity index (χ4n) is 8.87. The third-order valence-electron chi connectivity index (χ3n) is 12.4. The highest BCUT2D eigenvalue weighted by atomic mass is 16.7. The van der Waals surface area contributed by atoms with Crippen LogP contribution in [-0.4, -0.2) is 130 Å². The first kappa shape index (κ1) is 44.5. The van der Waals surface area contributed by atoms with E-state index < -0.39 is 78.2 Å². The van der Waals surface area contributed by atoms with Gasteiger partial charge in [0.15, 0.2) is 12.6 Å². The van der Waals surface area contributed by atoms with Gasteiger partial charge in [0.05, 0.1) is 47.6 Å². The number of aliphatic hydroxyl groups excluding tert-OH is 3. The lowest BCUT2D eigenvalue weighted by atomic mass is 9.74. The lowest BCUT2D eigenvalue weighted by Crippen LogP contribution is -2.61. The number of aliphatic hydroxyl groups is 4. The molecular weight excluding hydrogens is 658 g/mol. The molecule has 8 unspecified atom stereocenters. The summed E-state index contributed by atoms with van der Waals surface area (Å²) in [5.41, 5.74) is -2.55. The zero-order valence-electron chi connectivity index (χ0n) is 33.9. The molecule has 0 aromatic heterocycles. The maximum Gasteiger partial charge on any atom is 0.311 e. The van der Waals surface area contributed by atoms with Crippen molar-refractivity contribution in [1.82, 2.24) is 4.90 Å². The van der Waals surface area contributed by atoms with Crippen molar-refractivity contribution in [2.24, 2.45) is 29.6 Å². The standard InChI is InChI=1S/C39H73NO11/c1-15-29-21(4)16-22(5)31(41)23(6)18-38(11,45)35(51-37-32(42)28(17-24(7)47-37)40(13)20(2)3)25(8)33(26(9)36(44)49-29)50-30-19-39(12,46-14)34(43)27(10)48-30/h20-35,37,41-43,45H,15-19H2,1-14H3/t21-,22-,23-,24?,25+,26-,27?,28?,29-,30?,31-,32?,33+,34?,35-,37?,38-,39?/m1/s1. The zero-order chi connectivity index (χ0) is 38.7. The van der Waals surface area contributed by atoms with Crippen LogP contribution in [0.2, 0.25) is 0 Å². The van der Waals surface area contributed by atoms with Crippen LogP contribution < -0.4 is 0 Å². The maximum absolute atomic E-state index is 14.1. The number of methoxy groups -OCH3 is 1. The van der Waals surface area contributed by atoms with Crippen LogP contribution in [0.3, 0.4) is 0 Å². The number of likely N-dealkylation sites (N-methyl/N-ethyl adjacent to an activating group) is 1. The van der Waals surface area contributed by atoms with E-state index in [9.17, 15) is 25.2 Å². The Bertz CT molecular complexity index is 1090. The number of cyclic esters (lactones) is 1. The highest BCUT2D eigenvalue weighted by molar-refractivity contribution is 5.73. The zero-order valence-corrected chi connectivity index (χ0v) is 33.9. The Morgan fingerprint density at radius 2 is 1.53 bits per heavy atom. The van der Waals surface area contributed by atoms with Crippen LogP contribution in [0.4, 0.5) is 0 Å². The molecule has 0 aromatic carbocycles. The average Bonchev–Trinajstić information content (AvgIpc) is 3.06. The highest BCUT2D eigenvalue weighted by Crippen LogP contribution is 2.41. The Morgan fingerprint density at radius 3 is 2.10 bits per heavy atom. The molecule has 0 aromatic rings. The predicted molar refractivity (Wildman–Crippen MR) is 194 cm³/mol. The summed E-state index contributed by atoms with van der Waals surface area (Å²) in [6, 6.07) is -0.104. The summed E-state index contributed by atoms with van der Waals surface area (Å²) in [7, 11) is 3.50. The van der Waals surface area contributed by atoms with Crippen LogP contribution in [0.5, 0.6) is 0 Å². The molecule has 3 heterocycles. The van der Waals surface area contributed by atoms with E-state index in [4.69, 9.17) is 28.4 Å². The minimum atomic E-state index is -1.58. The summed E-state index contributed by atoms with van der Waals surface area (Å²) < 4.78 is 37.9. The number of hydrogen-bond donors (Lipinski definition) is 4. The molecule has 4 N–H and O–H groups in total. The van der Waals surface area contributed by atoms with Crippen molar-refractivity contribution in [2.45, 2.75) is 200 Å². The van der Waals surface area contributed by atoms with Crippen molar-refractivity contribution in [3.05, 3.63) is 0 Å². The van der Waals surface area contributed by atoms with Gasteiger partial charge in [-0.1, -0.05) is 34.6 Å². The van der Waals surface area contributed by atoms with Crippen LogP contribution in [-0.2, 0) is 33.2 Å². The molecule has 0 spiro atoms. The number of carbonyl (C=O) groups is 1. The third-order valence-corrected chi connectivity index (χ3v) is 12.4. The van der Waals surface area contributed by atoms with Gasteiger partial charge in [-0.25, -0.2) is 0 Å². The second kappa shape index (κ2) is 18.1. The molecule has 18 atom stereocenters. The Hall–Kier alpha value is -0.930. The third kappa shape index (κ3) is 10.4. The average molecular weight is 732 g/mol. The molecule has 3 aliphatic rings. The monoisotopic (exact) mass is 732 g/mol. The molecule has 0 radical (unpaired) electrons. The second-order valence-corrected chi connectivity index (χ2v) is 17.2. The van der Waals surface area contributed by atoms with Gasteiger partial charge in [0.25, 0.3) is 0 Å². The molecule has 0 aliphatic carbocycles. The van der Waals surface area contributed by atoms with Gasteiger partial charge < -0.3 is 48.8 Å². The van der Waals surface area contributed by atoms with Crippen molar-refractivity contribution in [3.63, 3.8) is 0 Å². The number of carbonyl (C=O) groups excluding carboxylic acids is 1. The predicted octanol–water partition coefficient (Wildman–Crippen LogP) is 4.27. The number of nitrogens with zero attached hydrogens (tertiary/aromatic N) is 1. The minimum Gasteiger partial charge on any atom is -0.462 e. The van der Waals surface area contributed by atoms with E-state index >= 15 is 0 Å². The molecule has 0 amide bonds. The Balaban J connectivity index is 2.14. The molecule has 3 aliphatic heterocycles. The summed E-state index contributed by atoms with van der Waals surface area (Å²) in [5.74, 6) is -2.46. The highest BCUT2D eigenvalue weighted by Gasteiger charge is 2.52. The van der Waals surface area contributed by atoms with Crippen molar-refractivity contribution >= 4 is 5.97 Å². The van der Waals surface area contributed by atoms with Crippen molar-refractivity contribution in [1.29, 1.82) is 0 Å². The number of rotatable bonds is 8. The van der Waals surface area contributed by atoms with E-state index in [0.717, 1.165) is 0 Å². The molecular formula is C39H73NO11. The lowest BCUT2D eigenvalue weighted by molar-refractivity contribution is -0.318. The van der Waals surface area contributed by atoms with Crippen molar-refractivity contribution < 1.29 is 53.6 Å². The van der Waals surface area contributed by atoms with Gasteiger partial charge in [0, 0.05) is 31.5 Å². The Labute approximate surface area is 307 Å². The van der Waals surface area contributed by atoms with Gasteiger partial charge >= 0.3 is 5.97 Å². The van der Waals surface area contributed by atoms with Crippen LogP contribution in [0.15, 0.2) is 0 Å².